The molecular weight excluding hydrogens is 291 g/mol. The molecule has 1 aromatic rings. The molecule has 0 aromatic heterocycles. The number of hydrogen-bond donors (Lipinski definition) is 2. The molecule has 0 aliphatic carbocycles. The van der Waals surface area contributed by atoms with Crippen LogP contribution in [0.1, 0.15) is 6.42 Å². The highest BCUT2D eigenvalue weighted by Crippen LogP contribution is 2.30. The molecule has 0 heterocycles. The van der Waals surface area contributed by atoms with Crippen molar-refractivity contribution in [1.29, 1.82) is 0 Å². The number of para-hydroxylation sites is 1. The minimum Gasteiger partial charge on any atom is -0.409 e. The van der Waals surface area contributed by atoms with Crippen LogP contribution in [0, 0.1) is 0 Å². The van der Waals surface area contributed by atoms with Gasteiger partial charge in [0.1, 0.15) is 5.84 Å². The van der Waals surface area contributed by atoms with E-state index in [2.05, 4.69) is 5.16 Å². The van der Waals surface area contributed by atoms with Crippen molar-refractivity contribution in [2.45, 2.75) is 11.9 Å². The van der Waals surface area contributed by atoms with E-state index in [1.54, 1.807) is 4.90 Å². The number of rotatable bonds is 7. The molecule has 0 atom stereocenters. The van der Waals surface area contributed by atoms with Gasteiger partial charge >= 0.3 is 5.51 Å². The average Bonchev–Trinajstić information content (AvgIpc) is 2.42. The summed E-state index contributed by atoms with van der Waals surface area (Å²) in [7, 11) is 0. The molecular formula is C12H16F3N3OS. The zero-order valence-electron chi connectivity index (χ0n) is 10.7. The summed E-state index contributed by atoms with van der Waals surface area (Å²) in [5, 5.41) is 11.3. The molecule has 0 bridgehead atoms. The van der Waals surface area contributed by atoms with Gasteiger partial charge in [-0.25, -0.2) is 0 Å². The first-order valence-corrected chi connectivity index (χ1v) is 6.88. The second kappa shape index (κ2) is 7.88. The van der Waals surface area contributed by atoms with Gasteiger partial charge in [-0.05, 0) is 23.9 Å². The number of thioether (sulfide) groups is 1. The lowest BCUT2D eigenvalue weighted by Crippen LogP contribution is -2.30. The van der Waals surface area contributed by atoms with Gasteiger partial charge in [-0.2, -0.15) is 13.2 Å². The Bertz CT molecular complexity index is 426. The Morgan fingerprint density at radius 1 is 1.25 bits per heavy atom. The van der Waals surface area contributed by atoms with Gasteiger partial charge in [-0.3, -0.25) is 0 Å². The molecule has 112 valence electrons. The molecule has 0 unspecified atom stereocenters. The fourth-order valence-electron chi connectivity index (χ4n) is 1.58. The Hall–Kier alpha value is -1.57. The van der Waals surface area contributed by atoms with E-state index in [1.165, 1.54) is 0 Å². The number of amidine groups is 1. The van der Waals surface area contributed by atoms with E-state index in [1.807, 2.05) is 30.3 Å². The smallest absolute Gasteiger partial charge is 0.409 e. The molecule has 1 rings (SSSR count). The summed E-state index contributed by atoms with van der Waals surface area (Å²) in [6.07, 6.45) is 0.280. The quantitative estimate of drug-likeness (QED) is 0.352. The molecule has 0 fully saturated rings. The van der Waals surface area contributed by atoms with E-state index < -0.39 is 5.51 Å². The molecule has 20 heavy (non-hydrogen) atoms. The van der Waals surface area contributed by atoms with Gasteiger partial charge in [0, 0.05) is 31.0 Å². The predicted molar refractivity (Wildman–Crippen MR) is 75.2 cm³/mol. The second-order valence-corrected chi connectivity index (χ2v) is 5.12. The van der Waals surface area contributed by atoms with Crippen LogP contribution >= 0.6 is 11.8 Å². The Balaban J connectivity index is 2.60. The highest BCUT2D eigenvalue weighted by molar-refractivity contribution is 8.00. The van der Waals surface area contributed by atoms with Crippen molar-refractivity contribution in [1.82, 2.24) is 0 Å². The molecule has 0 spiro atoms. The first-order chi connectivity index (χ1) is 9.42. The number of nitrogens with two attached hydrogens (primary N) is 1. The topological polar surface area (TPSA) is 61.8 Å². The lowest BCUT2D eigenvalue weighted by Gasteiger charge is -2.24. The third-order valence-electron chi connectivity index (χ3n) is 2.51. The third kappa shape index (κ3) is 6.55. The fraction of sp³-hybridized carbons (Fsp3) is 0.417. The van der Waals surface area contributed by atoms with Gasteiger partial charge in [-0.15, -0.1) is 0 Å². The van der Waals surface area contributed by atoms with Gasteiger partial charge in [0.2, 0.25) is 0 Å². The van der Waals surface area contributed by atoms with Crippen LogP contribution < -0.4 is 10.6 Å². The summed E-state index contributed by atoms with van der Waals surface area (Å²) in [6.45, 7) is 0.616. The largest absolute Gasteiger partial charge is 0.441 e. The minimum atomic E-state index is -4.23. The molecule has 0 saturated carbocycles. The van der Waals surface area contributed by atoms with Crippen molar-refractivity contribution >= 4 is 23.3 Å². The Kier molecular flexibility index (Phi) is 6.50. The highest BCUT2D eigenvalue weighted by atomic mass is 32.2. The maximum atomic E-state index is 12.1. The van der Waals surface area contributed by atoms with E-state index in [0.29, 0.717) is 6.54 Å². The second-order valence-electron chi connectivity index (χ2n) is 3.96. The van der Waals surface area contributed by atoms with Crippen molar-refractivity contribution in [2.24, 2.45) is 10.9 Å². The predicted octanol–water partition coefficient (Wildman–Crippen LogP) is 2.88. The van der Waals surface area contributed by atoms with Gasteiger partial charge in [0.05, 0.1) is 0 Å². The van der Waals surface area contributed by atoms with E-state index in [4.69, 9.17) is 10.9 Å². The number of benzene rings is 1. The van der Waals surface area contributed by atoms with E-state index >= 15 is 0 Å². The summed E-state index contributed by atoms with van der Waals surface area (Å²) in [4.78, 5) is 1.77. The van der Waals surface area contributed by atoms with Crippen LogP contribution in [0.25, 0.3) is 0 Å². The Morgan fingerprint density at radius 2 is 1.90 bits per heavy atom. The van der Waals surface area contributed by atoms with Crippen molar-refractivity contribution in [3.05, 3.63) is 30.3 Å². The number of oxime groups is 1. The van der Waals surface area contributed by atoms with Crippen LogP contribution in [0.4, 0.5) is 18.9 Å². The zero-order valence-corrected chi connectivity index (χ0v) is 11.5. The summed E-state index contributed by atoms with van der Waals surface area (Å²) in [5.74, 6) is -0.0245. The monoisotopic (exact) mass is 307 g/mol. The van der Waals surface area contributed by atoms with Crippen LogP contribution in [0.2, 0.25) is 0 Å². The molecule has 0 saturated heterocycles. The maximum Gasteiger partial charge on any atom is 0.441 e. The molecule has 0 radical (unpaired) electrons. The summed E-state index contributed by atoms with van der Waals surface area (Å²) in [6, 6.07) is 9.07. The lowest BCUT2D eigenvalue weighted by atomic mass is 10.2. The summed E-state index contributed by atoms with van der Waals surface area (Å²) < 4.78 is 36.4. The normalized spacial score (nSPS) is 12.4. The third-order valence-corrected chi connectivity index (χ3v) is 3.23. The van der Waals surface area contributed by atoms with Crippen molar-refractivity contribution < 1.29 is 18.4 Å². The number of anilines is 1. The van der Waals surface area contributed by atoms with Crippen LogP contribution in [0.3, 0.4) is 0 Å². The van der Waals surface area contributed by atoms with Gasteiger partial charge in [0.25, 0.3) is 0 Å². The SMILES string of the molecule is N/C(CCN(CCSC(F)(F)F)c1ccccc1)=N/O. The van der Waals surface area contributed by atoms with E-state index in [0.717, 1.165) is 5.69 Å². The fourth-order valence-corrected chi connectivity index (χ4v) is 2.12. The van der Waals surface area contributed by atoms with Gasteiger partial charge < -0.3 is 15.8 Å². The zero-order chi connectivity index (χ0) is 15.0. The van der Waals surface area contributed by atoms with Crippen LogP contribution in [0.5, 0.6) is 0 Å². The summed E-state index contributed by atoms with van der Waals surface area (Å²) >= 11 is -0.0560. The highest BCUT2D eigenvalue weighted by Gasteiger charge is 2.27. The van der Waals surface area contributed by atoms with Crippen LogP contribution in [-0.2, 0) is 0 Å². The first kappa shape index (κ1) is 16.5. The van der Waals surface area contributed by atoms with E-state index in [-0.39, 0.29) is 36.3 Å². The number of alkyl halides is 3. The lowest BCUT2D eigenvalue weighted by molar-refractivity contribution is -0.0327. The summed E-state index contributed by atoms with van der Waals surface area (Å²) in [5.41, 5.74) is 1.96. The molecule has 0 aliphatic rings. The molecule has 4 nitrogen and oxygen atoms in total. The first-order valence-electron chi connectivity index (χ1n) is 5.89. The van der Waals surface area contributed by atoms with Crippen molar-refractivity contribution in [2.75, 3.05) is 23.7 Å². The van der Waals surface area contributed by atoms with Crippen molar-refractivity contribution in [3.8, 4) is 0 Å². The molecule has 0 aliphatic heterocycles. The molecule has 0 amide bonds. The average molecular weight is 307 g/mol. The van der Waals surface area contributed by atoms with Crippen LogP contribution in [0.15, 0.2) is 35.5 Å². The molecule has 3 N–H and O–H groups in total. The minimum absolute atomic E-state index is 0.0504. The van der Waals surface area contributed by atoms with Gasteiger partial charge in [-0.1, -0.05) is 23.4 Å². The van der Waals surface area contributed by atoms with Crippen molar-refractivity contribution in [3.63, 3.8) is 0 Å². The maximum absolute atomic E-state index is 12.1. The number of halogens is 3. The van der Waals surface area contributed by atoms with Crippen LogP contribution in [-0.4, -0.2) is 35.4 Å². The molecule has 1 aromatic carbocycles. The van der Waals surface area contributed by atoms with Gasteiger partial charge in [0.15, 0.2) is 0 Å². The number of nitrogens with zero attached hydrogens (tertiary/aromatic N) is 2. The Labute approximate surface area is 119 Å². The van der Waals surface area contributed by atoms with E-state index in [9.17, 15) is 13.2 Å². The Morgan fingerprint density at radius 3 is 2.45 bits per heavy atom. The number of hydrogen-bond acceptors (Lipinski definition) is 4. The molecule has 8 heteroatoms. The standard InChI is InChI=1S/C12H16F3N3OS/c13-12(14,15)20-9-8-18(7-6-11(16)17-19)10-4-2-1-3-5-10/h1-5,19H,6-9H2,(H2,16,17).